The molecule has 4 heteroatoms. The van der Waals surface area contributed by atoms with E-state index < -0.39 is 15.1 Å². The van der Waals surface area contributed by atoms with Crippen LogP contribution in [0.4, 0.5) is 0 Å². The summed E-state index contributed by atoms with van der Waals surface area (Å²) in [6.45, 7) is 1.66. The van der Waals surface area contributed by atoms with Gasteiger partial charge in [-0.05, 0) is 14.0 Å². The van der Waals surface area contributed by atoms with Crippen molar-refractivity contribution in [2.75, 3.05) is 13.3 Å². The van der Waals surface area contributed by atoms with Crippen LogP contribution in [0, 0.1) is 12.3 Å². The Bertz CT molecular complexity index is 263. The topological polar surface area (TPSA) is 46.2 Å². The molecule has 0 radical (unpaired) electrons. The van der Waals surface area contributed by atoms with E-state index in [0.29, 0.717) is 6.42 Å². The molecule has 0 aliphatic carbocycles. The molecule has 12 heavy (non-hydrogen) atoms. The highest BCUT2D eigenvalue weighted by Gasteiger charge is 2.23. The van der Waals surface area contributed by atoms with Crippen LogP contribution in [0.5, 0.6) is 0 Å². The van der Waals surface area contributed by atoms with Crippen molar-refractivity contribution >= 4 is 9.84 Å². The van der Waals surface area contributed by atoms with Gasteiger partial charge in [-0.2, -0.15) is 0 Å². The van der Waals surface area contributed by atoms with Crippen LogP contribution in [0.2, 0.25) is 0 Å². The maximum absolute atomic E-state index is 11.1. The van der Waals surface area contributed by atoms with Crippen LogP contribution in [0.3, 0.4) is 0 Å². The van der Waals surface area contributed by atoms with E-state index in [4.69, 9.17) is 6.42 Å². The maximum atomic E-state index is 11.1. The Morgan fingerprint density at radius 1 is 1.58 bits per heavy atom. The second kappa shape index (κ2) is 4.48. The number of nitrogens with one attached hydrogen (secondary N) is 1. The Morgan fingerprint density at radius 3 is 2.33 bits per heavy atom. The van der Waals surface area contributed by atoms with E-state index in [1.54, 1.807) is 14.0 Å². The fourth-order valence-corrected chi connectivity index (χ4v) is 1.76. The first kappa shape index (κ1) is 11.5. The highest BCUT2D eigenvalue weighted by Crippen LogP contribution is 2.06. The van der Waals surface area contributed by atoms with Crippen LogP contribution in [-0.4, -0.2) is 33.0 Å². The fourth-order valence-electron chi connectivity index (χ4n) is 0.928. The number of hydrogen-bond acceptors (Lipinski definition) is 3. The standard InChI is InChI=1S/C8H15NO2S/c1-5-6-8(9-3)7(2)12(4,10)11/h1,7-9H,6H2,2-4H3. The molecule has 2 unspecified atom stereocenters. The molecule has 1 N–H and O–H groups in total. The van der Waals surface area contributed by atoms with Gasteiger partial charge in [0.2, 0.25) is 0 Å². The van der Waals surface area contributed by atoms with Gasteiger partial charge >= 0.3 is 0 Å². The van der Waals surface area contributed by atoms with Gasteiger partial charge in [0, 0.05) is 18.7 Å². The molecular formula is C8H15NO2S. The molecule has 0 fully saturated rings. The average Bonchev–Trinajstić information content (AvgIpc) is 1.97. The van der Waals surface area contributed by atoms with Gasteiger partial charge < -0.3 is 5.32 Å². The second-order valence-corrected chi connectivity index (χ2v) is 5.24. The predicted molar refractivity (Wildman–Crippen MR) is 50.6 cm³/mol. The van der Waals surface area contributed by atoms with Crippen LogP contribution < -0.4 is 5.32 Å². The summed E-state index contributed by atoms with van der Waals surface area (Å²) in [4.78, 5) is 0. The second-order valence-electron chi connectivity index (χ2n) is 2.84. The Balaban J connectivity index is 4.45. The number of sulfone groups is 1. The molecule has 0 aliphatic heterocycles. The van der Waals surface area contributed by atoms with Gasteiger partial charge in [-0.15, -0.1) is 12.3 Å². The molecule has 0 spiro atoms. The highest BCUT2D eigenvalue weighted by molar-refractivity contribution is 7.91. The minimum atomic E-state index is -2.99. The largest absolute Gasteiger partial charge is 0.315 e. The zero-order chi connectivity index (χ0) is 9.78. The molecule has 70 valence electrons. The van der Waals surface area contributed by atoms with Gasteiger partial charge in [0.15, 0.2) is 9.84 Å². The van der Waals surface area contributed by atoms with Gasteiger partial charge in [-0.1, -0.05) is 0 Å². The average molecular weight is 189 g/mol. The third-order valence-electron chi connectivity index (χ3n) is 1.95. The molecule has 0 heterocycles. The van der Waals surface area contributed by atoms with Crippen LogP contribution in [0.25, 0.3) is 0 Å². The Hall–Kier alpha value is -0.530. The van der Waals surface area contributed by atoms with Crippen LogP contribution >= 0.6 is 0 Å². The normalized spacial score (nSPS) is 16.5. The SMILES string of the molecule is C#CCC(NC)C(C)S(C)(=O)=O. The highest BCUT2D eigenvalue weighted by atomic mass is 32.2. The van der Waals surface area contributed by atoms with Crippen molar-refractivity contribution in [3.05, 3.63) is 0 Å². The zero-order valence-corrected chi connectivity index (χ0v) is 8.48. The number of hydrogen-bond donors (Lipinski definition) is 1. The smallest absolute Gasteiger partial charge is 0.151 e. The van der Waals surface area contributed by atoms with Crippen molar-refractivity contribution in [1.82, 2.24) is 5.32 Å². The first-order valence-corrected chi connectivity index (χ1v) is 5.68. The summed E-state index contributed by atoms with van der Waals surface area (Å²) in [5.41, 5.74) is 0. The molecule has 0 saturated heterocycles. The molecule has 0 amide bonds. The van der Waals surface area contributed by atoms with E-state index in [9.17, 15) is 8.42 Å². The van der Waals surface area contributed by atoms with Gasteiger partial charge in [-0.3, -0.25) is 0 Å². The van der Waals surface area contributed by atoms with Crippen molar-refractivity contribution in [1.29, 1.82) is 0 Å². The van der Waals surface area contributed by atoms with E-state index in [1.807, 2.05) is 0 Å². The van der Waals surface area contributed by atoms with E-state index in [1.165, 1.54) is 6.26 Å². The Kier molecular flexibility index (Phi) is 4.29. The fraction of sp³-hybridized carbons (Fsp3) is 0.750. The van der Waals surface area contributed by atoms with Crippen LogP contribution in [0.15, 0.2) is 0 Å². The minimum Gasteiger partial charge on any atom is -0.315 e. The first-order chi connectivity index (χ1) is 5.43. The maximum Gasteiger partial charge on any atom is 0.151 e. The first-order valence-electron chi connectivity index (χ1n) is 3.73. The molecule has 0 aliphatic rings. The monoisotopic (exact) mass is 189 g/mol. The summed E-state index contributed by atoms with van der Waals surface area (Å²) in [5.74, 6) is 2.44. The van der Waals surface area contributed by atoms with Crippen molar-refractivity contribution in [2.24, 2.45) is 0 Å². The summed E-state index contributed by atoms with van der Waals surface area (Å²) < 4.78 is 22.2. The van der Waals surface area contributed by atoms with E-state index >= 15 is 0 Å². The third kappa shape index (κ3) is 3.24. The summed E-state index contributed by atoms with van der Waals surface area (Å²) in [7, 11) is -1.28. The van der Waals surface area contributed by atoms with Crippen LogP contribution in [-0.2, 0) is 9.84 Å². The van der Waals surface area contributed by atoms with Gasteiger partial charge in [0.05, 0.1) is 5.25 Å². The summed E-state index contributed by atoms with van der Waals surface area (Å²) in [5, 5.41) is 2.46. The third-order valence-corrected chi connectivity index (χ3v) is 3.63. The zero-order valence-electron chi connectivity index (χ0n) is 7.66. The molecule has 0 rings (SSSR count). The van der Waals surface area contributed by atoms with E-state index in [-0.39, 0.29) is 6.04 Å². The lowest BCUT2D eigenvalue weighted by Crippen LogP contribution is -2.39. The lowest BCUT2D eigenvalue weighted by Gasteiger charge is -2.19. The molecule has 0 aromatic carbocycles. The number of terminal acetylenes is 1. The molecule has 0 aromatic heterocycles. The molecule has 0 bridgehead atoms. The molecular weight excluding hydrogens is 174 g/mol. The summed E-state index contributed by atoms with van der Waals surface area (Å²) in [6, 6.07) is -0.148. The molecule has 0 aromatic rings. The summed E-state index contributed by atoms with van der Waals surface area (Å²) in [6.07, 6.45) is 6.76. The van der Waals surface area contributed by atoms with E-state index in [2.05, 4.69) is 11.2 Å². The minimum absolute atomic E-state index is 0.148. The lowest BCUT2D eigenvalue weighted by molar-refractivity contribution is 0.526. The van der Waals surface area contributed by atoms with Crippen molar-refractivity contribution < 1.29 is 8.42 Å². The van der Waals surface area contributed by atoms with Gasteiger partial charge in [0.25, 0.3) is 0 Å². The van der Waals surface area contributed by atoms with Gasteiger partial charge in [-0.25, -0.2) is 8.42 Å². The Morgan fingerprint density at radius 2 is 2.08 bits per heavy atom. The lowest BCUT2D eigenvalue weighted by atomic mass is 10.1. The quantitative estimate of drug-likeness (QED) is 0.635. The summed E-state index contributed by atoms with van der Waals surface area (Å²) >= 11 is 0. The van der Waals surface area contributed by atoms with Crippen molar-refractivity contribution in [3.8, 4) is 12.3 Å². The van der Waals surface area contributed by atoms with Gasteiger partial charge in [0.1, 0.15) is 0 Å². The molecule has 2 atom stereocenters. The van der Waals surface area contributed by atoms with E-state index in [0.717, 1.165) is 0 Å². The van der Waals surface area contributed by atoms with Crippen molar-refractivity contribution in [3.63, 3.8) is 0 Å². The van der Waals surface area contributed by atoms with Crippen LogP contribution in [0.1, 0.15) is 13.3 Å². The predicted octanol–water partition coefficient (Wildman–Crippen LogP) is 0.0308. The Labute approximate surface area is 74.5 Å². The van der Waals surface area contributed by atoms with Crippen molar-refractivity contribution in [2.45, 2.75) is 24.6 Å². The molecule has 0 saturated carbocycles. The number of rotatable bonds is 4. The molecule has 3 nitrogen and oxygen atoms in total.